The highest BCUT2D eigenvalue weighted by atomic mass is 32.2. The molecule has 0 aliphatic heterocycles. The van der Waals surface area contributed by atoms with Crippen molar-refractivity contribution in [2.45, 2.75) is 6.92 Å². The number of nitrogens with one attached hydrogen (secondary N) is 1. The van der Waals surface area contributed by atoms with Gasteiger partial charge in [-0.2, -0.15) is 0 Å². The molecule has 0 amide bonds. The summed E-state index contributed by atoms with van der Waals surface area (Å²) in [7, 11) is -1.23. The average Bonchev–Trinajstić information content (AvgIpc) is 1.96. The number of rotatable bonds is 2. The van der Waals surface area contributed by atoms with Gasteiger partial charge in [-0.15, -0.1) is 0 Å². The van der Waals surface area contributed by atoms with E-state index in [1.54, 1.807) is 12.1 Å². The molecule has 66 valence electrons. The molecule has 0 radical (unpaired) electrons. The number of hydrogen-bond donors (Lipinski definition) is 1. The molecule has 0 aliphatic rings. The maximum atomic E-state index is 12.9. The third-order valence-electron chi connectivity index (χ3n) is 1.38. The molecule has 0 bridgehead atoms. The van der Waals surface area contributed by atoms with Crippen LogP contribution in [-0.2, 0) is 11.0 Å². The fraction of sp³-hybridized carbons (Fsp3) is 0.250. The van der Waals surface area contributed by atoms with Gasteiger partial charge in [-0.25, -0.2) is 8.60 Å². The van der Waals surface area contributed by atoms with E-state index < -0.39 is 11.0 Å². The van der Waals surface area contributed by atoms with E-state index in [2.05, 4.69) is 4.72 Å². The largest absolute Gasteiger partial charge is 0.303 e. The molecule has 1 unspecified atom stereocenters. The van der Waals surface area contributed by atoms with E-state index in [9.17, 15) is 8.60 Å². The van der Waals surface area contributed by atoms with Crippen LogP contribution in [0.4, 0.5) is 10.1 Å². The molecule has 1 atom stereocenters. The summed E-state index contributed by atoms with van der Waals surface area (Å²) in [4.78, 5) is 0. The topological polar surface area (TPSA) is 29.1 Å². The van der Waals surface area contributed by atoms with Crippen LogP contribution >= 0.6 is 0 Å². The quantitative estimate of drug-likeness (QED) is 0.752. The first kappa shape index (κ1) is 9.19. The number of anilines is 1. The minimum absolute atomic E-state index is 0.288. The van der Waals surface area contributed by atoms with Gasteiger partial charge in [0.25, 0.3) is 0 Å². The monoisotopic (exact) mass is 187 g/mol. The summed E-state index contributed by atoms with van der Waals surface area (Å²) in [5.41, 5.74) is 1.22. The molecule has 0 aromatic heterocycles. The van der Waals surface area contributed by atoms with Crippen molar-refractivity contribution in [2.24, 2.45) is 0 Å². The summed E-state index contributed by atoms with van der Waals surface area (Å²) in [5.74, 6) is -0.379. The van der Waals surface area contributed by atoms with Gasteiger partial charge < -0.3 is 4.72 Å². The van der Waals surface area contributed by atoms with Gasteiger partial charge in [-0.05, 0) is 24.6 Å². The zero-order valence-electron chi connectivity index (χ0n) is 6.93. The molecule has 1 N–H and O–H groups in total. The predicted octanol–water partition coefficient (Wildman–Crippen LogP) is 1.84. The molecular weight excluding hydrogens is 177 g/mol. The average molecular weight is 187 g/mol. The molecule has 12 heavy (non-hydrogen) atoms. The Morgan fingerprint density at radius 2 is 2.17 bits per heavy atom. The molecule has 4 heteroatoms. The Morgan fingerprint density at radius 1 is 1.50 bits per heavy atom. The van der Waals surface area contributed by atoms with Crippen molar-refractivity contribution in [3.8, 4) is 0 Å². The number of hydrogen-bond acceptors (Lipinski definition) is 1. The van der Waals surface area contributed by atoms with Gasteiger partial charge in [-0.3, -0.25) is 0 Å². The van der Waals surface area contributed by atoms with Crippen molar-refractivity contribution in [1.29, 1.82) is 0 Å². The minimum Gasteiger partial charge on any atom is -0.303 e. The summed E-state index contributed by atoms with van der Waals surface area (Å²) in [6, 6.07) is 4.64. The minimum atomic E-state index is -1.23. The lowest BCUT2D eigenvalue weighted by molar-refractivity contribution is 0.631. The zero-order valence-corrected chi connectivity index (χ0v) is 7.74. The van der Waals surface area contributed by atoms with Crippen LogP contribution < -0.4 is 4.72 Å². The van der Waals surface area contributed by atoms with E-state index in [0.717, 1.165) is 5.56 Å². The van der Waals surface area contributed by atoms with Crippen molar-refractivity contribution in [2.75, 3.05) is 11.0 Å². The van der Waals surface area contributed by atoms with Crippen LogP contribution in [0.5, 0.6) is 0 Å². The van der Waals surface area contributed by atoms with Crippen molar-refractivity contribution in [1.82, 2.24) is 0 Å². The summed E-state index contributed by atoms with van der Waals surface area (Å²) in [6.45, 7) is 1.85. The second-order valence-electron chi connectivity index (χ2n) is 2.54. The summed E-state index contributed by atoms with van der Waals surface area (Å²) in [5, 5.41) is 0. The van der Waals surface area contributed by atoms with Gasteiger partial charge >= 0.3 is 0 Å². The van der Waals surface area contributed by atoms with Crippen LogP contribution in [0.15, 0.2) is 18.2 Å². The first-order valence-electron chi connectivity index (χ1n) is 3.46. The summed E-state index contributed by atoms with van der Waals surface area (Å²) in [6.07, 6.45) is 1.46. The Balaban J connectivity index is 2.97. The van der Waals surface area contributed by atoms with E-state index >= 15 is 0 Å². The smallest absolute Gasteiger partial charge is 0.147 e. The molecule has 1 aromatic rings. The molecular formula is C8H10FNOS. The van der Waals surface area contributed by atoms with Gasteiger partial charge in [0.05, 0.1) is 5.69 Å². The maximum absolute atomic E-state index is 12.9. The second kappa shape index (κ2) is 3.67. The standard InChI is InChI=1S/C8H10FNOS/c1-6-3-4-7(9)8(5-6)10-12(2)11/h3-5,10H,1-2H3. The molecule has 1 rings (SSSR count). The Labute approximate surface area is 73.4 Å². The van der Waals surface area contributed by atoms with Crippen LogP contribution in [0.1, 0.15) is 5.56 Å². The maximum Gasteiger partial charge on any atom is 0.147 e. The first-order chi connectivity index (χ1) is 5.59. The third-order valence-corrected chi connectivity index (χ3v) is 1.88. The lowest BCUT2D eigenvalue weighted by Gasteiger charge is -2.04. The molecule has 0 aliphatic carbocycles. The van der Waals surface area contributed by atoms with Crippen LogP contribution in [0.2, 0.25) is 0 Å². The van der Waals surface area contributed by atoms with Gasteiger partial charge in [0.15, 0.2) is 0 Å². The van der Waals surface area contributed by atoms with Crippen molar-refractivity contribution >= 4 is 16.7 Å². The molecule has 0 saturated carbocycles. The molecule has 0 spiro atoms. The number of halogens is 1. The Kier molecular flexibility index (Phi) is 2.81. The second-order valence-corrected chi connectivity index (χ2v) is 3.65. The highest BCUT2D eigenvalue weighted by Gasteiger charge is 2.01. The lowest BCUT2D eigenvalue weighted by atomic mass is 10.2. The van der Waals surface area contributed by atoms with Gasteiger partial charge in [-0.1, -0.05) is 6.07 Å². The highest BCUT2D eigenvalue weighted by Crippen LogP contribution is 2.15. The number of benzene rings is 1. The van der Waals surface area contributed by atoms with Crippen LogP contribution in [-0.4, -0.2) is 10.5 Å². The van der Waals surface area contributed by atoms with Crippen LogP contribution in [0, 0.1) is 12.7 Å². The molecule has 0 fully saturated rings. The van der Waals surface area contributed by atoms with E-state index in [1.807, 2.05) is 6.92 Å². The molecule has 2 nitrogen and oxygen atoms in total. The fourth-order valence-corrected chi connectivity index (χ4v) is 1.34. The van der Waals surface area contributed by atoms with E-state index in [1.165, 1.54) is 12.3 Å². The van der Waals surface area contributed by atoms with Crippen molar-refractivity contribution in [3.63, 3.8) is 0 Å². The zero-order chi connectivity index (χ0) is 9.14. The van der Waals surface area contributed by atoms with Gasteiger partial charge in [0.2, 0.25) is 0 Å². The SMILES string of the molecule is Cc1ccc(F)c(NS(C)=O)c1. The Bertz CT molecular complexity index is 314. The van der Waals surface area contributed by atoms with E-state index in [4.69, 9.17) is 0 Å². The van der Waals surface area contributed by atoms with E-state index in [-0.39, 0.29) is 11.5 Å². The highest BCUT2D eigenvalue weighted by molar-refractivity contribution is 7.85. The van der Waals surface area contributed by atoms with Gasteiger partial charge in [0, 0.05) is 6.26 Å². The summed E-state index contributed by atoms with van der Waals surface area (Å²) < 4.78 is 26.2. The number of aryl methyl sites for hydroxylation is 1. The molecule has 0 saturated heterocycles. The first-order valence-corrected chi connectivity index (χ1v) is 5.01. The van der Waals surface area contributed by atoms with Gasteiger partial charge in [0.1, 0.15) is 16.8 Å². The van der Waals surface area contributed by atoms with Crippen LogP contribution in [0.3, 0.4) is 0 Å². The molecule has 0 heterocycles. The third kappa shape index (κ3) is 2.30. The Morgan fingerprint density at radius 3 is 2.75 bits per heavy atom. The van der Waals surface area contributed by atoms with Crippen molar-refractivity contribution < 1.29 is 8.60 Å². The Hall–Kier alpha value is -0.900. The summed E-state index contributed by atoms with van der Waals surface area (Å²) >= 11 is 0. The predicted molar refractivity (Wildman–Crippen MR) is 48.8 cm³/mol. The molecule has 1 aromatic carbocycles. The van der Waals surface area contributed by atoms with E-state index in [0.29, 0.717) is 0 Å². The fourth-order valence-electron chi connectivity index (χ4n) is 0.872. The lowest BCUT2D eigenvalue weighted by Crippen LogP contribution is -2.03. The normalized spacial score (nSPS) is 12.6. The van der Waals surface area contributed by atoms with Crippen LogP contribution in [0.25, 0.3) is 0 Å². The van der Waals surface area contributed by atoms with Crippen molar-refractivity contribution in [3.05, 3.63) is 29.6 Å².